The molecule has 22 heavy (non-hydrogen) atoms. The quantitative estimate of drug-likeness (QED) is 0.839. The summed E-state index contributed by atoms with van der Waals surface area (Å²) in [4.78, 5) is 14.6. The minimum Gasteiger partial charge on any atom is -0.497 e. The summed E-state index contributed by atoms with van der Waals surface area (Å²) in [6, 6.07) is 8.29. The second-order valence-electron chi connectivity index (χ2n) is 6.36. The highest BCUT2D eigenvalue weighted by atomic mass is 16.5. The number of benzene rings is 1. The fourth-order valence-corrected chi connectivity index (χ4v) is 4.12. The summed E-state index contributed by atoms with van der Waals surface area (Å²) in [7, 11) is 1.67. The summed E-state index contributed by atoms with van der Waals surface area (Å²) in [6.07, 6.45) is 2.35. The lowest BCUT2D eigenvalue weighted by molar-refractivity contribution is -0.131. The van der Waals surface area contributed by atoms with E-state index in [0.717, 1.165) is 24.4 Å². The molecule has 5 nitrogen and oxygen atoms in total. The van der Waals surface area contributed by atoms with Crippen LogP contribution in [0.15, 0.2) is 29.4 Å². The van der Waals surface area contributed by atoms with Crippen molar-refractivity contribution in [1.29, 1.82) is 0 Å². The zero-order chi connectivity index (χ0) is 15.3. The Hall–Kier alpha value is -1.88. The van der Waals surface area contributed by atoms with E-state index in [2.05, 4.69) is 17.0 Å². The molecular weight excluding hydrogens is 278 g/mol. The van der Waals surface area contributed by atoms with Gasteiger partial charge in [0.2, 0.25) is 5.91 Å². The van der Waals surface area contributed by atoms with Gasteiger partial charge in [-0.1, -0.05) is 12.1 Å². The van der Waals surface area contributed by atoms with Crippen LogP contribution in [0.5, 0.6) is 5.75 Å². The van der Waals surface area contributed by atoms with Crippen LogP contribution in [0.3, 0.4) is 0 Å². The van der Waals surface area contributed by atoms with Crippen LogP contribution in [0.2, 0.25) is 0 Å². The highest BCUT2D eigenvalue weighted by molar-refractivity contribution is 5.97. The van der Waals surface area contributed by atoms with Gasteiger partial charge in [-0.05, 0) is 43.6 Å². The van der Waals surface area contributed by atoms with Crippen molar-refractivity contribution in [3.63, 3.8) is 0 Å². The first-order chi connectivity index (χ1) is 10.7. The highest BCUT2D eigenvalue weighted by Crippen LogP contribution is 2.43. The van der Waals surface area contributed by atoms with Crippen LogP contribution in [0.25, 0.3) is 0 Å². The summed E-state index contributed by atoms with van der Waals surface area (Å²) in [5.41, 5.74) is 2.35. The topological polar surface area (TPSA) is 45.1 Å². The van der Waals surface area contributed by atoms with Crippen LogP contribution < -0.4 is 4.74 Å². The van der Waals surface area contributed by atoms with Crippen molar-refractivity contribution in [2.24, 2.45) is 11.0 Å². The first-order valence-corrected chi connectivity index (χ1v) is 7.95. The Morgan fingerprint density at radius 1 is 1.18 bits per heavy atom. The summed E-state index contributed by atoms with van der Waals surface area (Å²) in [6.45, 7) is 3.84. The van der Waals surface area contributed by atoms with E-state index in [4.69, 9.17) is 9.84 Å². The molecule has 3 fully saturated rings. The largest absolute Gasteiger partial charge is 0.497 e. The summed E-state index contributed by atoms with van der Waals surface area (Å²) in [5.74, 6) is 1.41. The molecule has 2 bridgehead atoms. The van der Waals surface area contributed by atoms with E-state index in [1.165, 1.54) is 18.6 Å². The van der Waals surface area contributed by atoms with E-state index in [9.17, 15) is 4.79 Å². The average Bonchev–Trinajstić information content (AvgIpc) is 2.99. The number of hydrogen-bond acceptors (Lipinski definition) is 4. The Morgan fingerprint density at radius 3 is 2.45 bits per heavy atom. The molecule has 0 N–H and O–H groups in total. The van der Waals surface area contributed by atoms with Gasteiger partial charge in [0.15, 0.2) is 0 Å². The van der Waals surface area contributed by atoms with Crippen molar-refractivity contribution in [1.82, 2.24) is 9.91 Å². The van der Waals surface area contributed by atoms with Crippen LogP contribution in [0.1, 0.15) is 31.4 Å². The molecule has 1 aromatic carbocycles. The molecule has 0 radical (unpaired) electrons. The number of carbonyl (C=O) groups is 1. The number of rotatable bonds is 2. The van der Waals surface area contributed by atoms with Gasteiger partial charge in [0, 0.05) is 12.8 Å². The normalized spacial score (nSPS) is 32.6. The standard InChI is InChI=1S/C17H21N3O2/c1-11(21)20-16(13-3-5-14(22-2)6-4-13)17-15(18-20)12-7-9-19(17)10-8-12/h3-6,12,16-17H,7-10H2,1-2H3/t16-,17+/m0/s1. The minimum absolute atomic E-state index is 0.00139. The molecule has 0 aromatic heterocycles. The summed E-state index contributed by atoms with van der Waals surface area (Å²) >= 11 is 0. The van der Waals surface area contributed by atoms with E-state index in [0.29, 0.717) is 5.92 Å². The maximum Gasteiger partial charge on any atom is 0.240 e. The molecule has 4 aliphatic heterocycles. The van der Waals surface area contributed by atoms with Gasteiger partial charge in [0.25, 0.3) is 0 Å². The van der Waals surface area contributed by atoms with Crippen molar-refractivity contribution in [3.8, 4) is 5.75 Å². The van der Waals surface area contributed by atoms with Crippen LogP contribution in [-0.2, 0) is 4.79 Å². The van der Waals surface area contributed by atoms with Gasteiger partial charge in [-0.2, -0.15) is 5.10 Å². The van der Waals surface area contributed by atoms with E-state index in [1.54, 1.807) is 19.0 Å². The van der Waals surface area contributed by atoms with Crippen LogP contribution in [0.4, 0.5) is 0 Å². The molecule has 4 heterocycles. The van der Waals surface area contributed by atoms with Gasteiger partial charge in [0.05, 0.1) is 18.9 Å². The molecule has 1 amide bonds. The van der Waals surface area contributed by atoms with Gasteiger partial charge in [0.1, 0.15) is 11.8 Å². The summed E-state index contributed by atoms with van der Waals surface area (Å²) in [5, 5.41) is 6.41. The number of hydrogen-bond donors (Lipinski definition) is 0. The third kappa shape index (κ3) is 1.96. The van der Waals surface area contributed by atoms with Crippen molar-refractivity contribution in [2.45, 2.75) is 31.8 Å². The van der Waals surface area contributed by atoms with Gasteiger partial charge in [-0.3, -0.25) is 9.69 Å². The lowest BCUT2D eigenvalue weighted by atomic mass is 9.78. The maximum absolute atomic E-state index is 12.1. The molecular formula is C17H21N3O2. The second-order valence-corrected chi connectivity index (χ2v) is 6.36. The molecule has 5 rings (SSSR count). The lowest BCUT2D eigenvalue weighted by Gasteiger charge is -2.46. The molecule has 0 saturated carbocycles. The molecule has 1 aromatic rings. The number of hydrazone groups is 1. The number of ether oxygens (including phenoxy) is 1. The zero-order valence-corrected chi connectivity index (χ0v) is 13.0. The number of amides is 1. The van der Waals surface area contributed by atoms with Crippen molar-refractivity contribution < 1.29 is 9.53 Å². The molecule has 2 atom stereocenters. The van der Waals surface area contributed by atoms with Crippen molar-refractivity contribution in [3.05, 3.63) is 29.8 Å². The molecule has 0 spiro atoms. The fourth-order valence-electron chi connectivity index (χ4n) is 4.12. The first kappa shape index (κ1) is 13.8. The number of fused-ring (bicyclic) bond motifs is 2. The molecule has 4 aliphatic rings. The van der Waals surface area contributed by atoms with Gasteiger partial charge in [-0.15, -0.1) is 0 Å². The number of methoxy groups -OCH3 is 1. The first-order valence-electron chi connectivity index (χ1n) is 7.95. The van der Waals surface area contributed by atoms with Gasteiger partial charge >= 0.3 is 0 Å². The Bertz CT molecular complexity index is 617. The Kier molecular flexibility index (Phi) is 3.18. The van der Waals surface area contributed by atoms with Crippen LogP contribution >= 0.6 is 0 Å². The number of nitrogens with zero attached hydrogens (tertiary/aromatic N) is 3. The molecule has 0 aliphatic carbocycles. The van der Waals surface area contributed by atoms with E-state index < -0.39 is 0 Å². The van der Waals surface area contributed by atoms with E-state index >= 15 is 0 Å². The number of carbonyl (C=O) groups excluding carboxylic acids is 1. The monoisotopic (exact) mass is 299 g/mol. The van der Waals surface area contributed by atoms with E-state index in [1.807, 2.05) is 12.1 Å². The lowest BCUT2D eigenvalue weighted by Crippen LogP contribution is -2.56. The number of piperidine rings is 3. The SMILES string of the molecule is COc1ccc([C@H]2[C@H]3C(=NN2C(C)=O)C2CCN3CC2)cc1. The molecule has 116 valence electrons. The average molecular weight is 299 g/mol. The van der Waals surface area contributed by atoms with Crippen LogP contribution in [-0.4, -0.2) is 47.8 Å². The minimum atomic E-state index is 0.00139. The molecule has 3 saturated heterocycles. The third-order valence-corrected chi connectivity index (χ3v) is 5.21. The predicted octanol–water partition coefficient (Wildman–Crippen LogP) is 2.05. The Labute approximate surface area is 130 Å². The third-order valence-electron chi connectivity index (χ3n) is 5.21. The predicted molar refractivity (Wildman–Crippen MR) is 83.8 cm³/mol. The van der Waals surface area contributed by atoms with Gasteiger partial charge in [-0.25, -0.2) is 5.01 Å². The zero-order valence-electron chi connectivity index (χ0n) is 13.0. The maximum atomic E-state index is 12.1. The highest BCUT2D eigenvalue weighted by Gasteiger charge is 2.50. The van der Waals surface area contributed by atoms with Gasteiger partial charge < -0.3 is 4.74 Å². The smallest absolute Gasteiger partial charge is 0.240 e. The van der Waals surface area contributed by atoms with Crippen molar-refractivity contribution >= 4 is 11.6 Å². The van der Waals surface area contributed by atoms with E-state index in [-0.39, 0.29) is 18.0 Å². The van der Waals surface area contributed by atoms with Crippen LogP contribution in [0, 0.1) is 5.92 Å². The fraction of sp³-hybridized carbons (Fsp3) is 0.529. The molecule has 5 heteroatoms. The molecule has 0 unspecified atom stereocenters. The summed E-state index contributed by atoms with van der Waals surface area (Å²) < 4.78 is 5.24. The Morgan fingerprint density at radius 2 is 1.86 bits per heavy atom. The second kappa shape index (κ2) is 5.09. The Balaban J connectivity index is 1.74. The van der Waals surface area contributed by atoms with Crippen molar-refractivity contribution in [2.75, 3.05) is 20.2 Å².